The number of alkyl halides is 2. The first-order valence-corrected chi connectivity index (χ1v) is 3.86. The second kappa shape index (κ2) is 4.32. The van der Waals surface area contributed by atoms with Crippen LogP contribution in [-0.4, -0.2) is 18.6 Å². The first-order chi connectivity index (χ1) is 6.57. The third-order valence-corrected chi connectivity index (χ3v) is 1.76. The Balaban J connectivity index is 3.13. The number of halogens is 3. The van der Waals surface area contributed by atoms with Gasteiger partial charge in [-0.05, 0) is 6.07 Å². The highest BCUT2D eigenvalue weighted by Gasteiger charge is 2.24. The predicted octanol–water partition coefficient (Wildman–Crippen LogP) is 2.13. The van der Waals surface area contributed by atoms with Gasteiger partial charge in [0.15, 0.2) is 11.6 Å². The fraction of sp³-hybridized carbons (Fsp3) is 0.333. The van der Waals surface area contributed by atoms with Crippen LogP contribution >= 0.6 is 0 Å². The fourth-order valence-corrected chi connectivity index (χ4v) is 1.11. The molecule has 0 aromatic heterocycles. The van der Waals surface area contributed by atoms with Gasteiger partial charge in [0.2, 0.25) is 0 Å². The first-order valence-electron chi connectivity index (χ1n) is 3.86. The summed E-state index contributed by atoms with van der Waals surface area (Å²) in [5, 5.41) is 9.04. The molecule has 2 nitrogen and oxygen atoms in total. The number of hydrogen-bond acceptors (Lipinski definition) is 2. The van der Waals surface area contributed by atoms with Crippen molar-refractivity contribution in [3.63, 3.8) is 0 Å². The minimum atomic E-state index is -2.97. The van der Waals surface area contributed by atoms with Gasteiger partial charge in [-0.25, -0.2) is 13.2 Å². The SMILES string of the molecule is COc1c(F)cccc1C(O)C(F)F. The largest absolute Gasteiger partial charge is 0.493 e. The molecule has 0 spiro atoms. The van der Waals surface area contributed by atoms with Crippen LogP contribution in [0.15, 0.2) is 18.2 Å². The zero-order chi connectivity index (χ0) is 10.7. The minimum absolute atomic E-state index is 0.248. The summed E-state index contributed by atoms with van der Waals surface area (Å²) in [6, 6.07) is 3.50. The molecule has 0 fully saturated rings. The molecule has 1 rings (SSSR count). The van der Waals surface area contributed by atoms with Gasteiger partial charge in [-0.3, -0.25) is 0 Å². The maximum Gasteiger partial charge on any atom is 0.268 e. The van der Waals surface area contributed by atoms with Gasteiger partial charge in [-0.2, -0.15) is 0 Å². The summed E-state index contributed by atoms with van der Waals surface area (Å²) in [6.45, 7) is 0. The van der Waals surface area contributed by atoms with Crippen molar-refractivity contribution in [3.05, 3.63) is 29.6 Å². The lowest BCUT2D eigenvalue weighted by atomic mass is 10.1. The number of methoxy groups -OCH3 is 1. The molecule has 5 heteroatoms. The van der Waals surface area contributed by atoms with E-state index < -0.39 is 18.3 Å². The zero-order valence-corrected chi connectivity index (χ0v) is 7.38. The molecule has 0 aliphatic rings. The highest BCUT2D eigenvalue weighted by molar-refractivity contribution is 5.36. The van der Waals surface area contributed by atoms with E-state index in [2.05, 4.69) is 4.74 Å². The van der Waals surface area contributed by atoms with E-state index in [1.165, 1.54) is 12.1 Å². The summed E-state index contributed by atoms with van der Waals surface area (Å²) < 4.78 is 41.8. The van der Waals surface area contributed by atoms with Gasteiger partial charge < -0.3 is 9.84 Å². The summed E-state index contributed by atoms with van der Waals surface area (Å²) in [4.78, 5) is 0. The Morgan fingerprint density at radius 1 is 1.36 bits per heavy atom. The average Bonchev–Trinajstić information content (AvgIpc) is 2.16. The summed E-state index contributed by atoms with van der Waals surface area (Å²) >= 11 is 0. The van der Waals surface area contributed by atoms with Crippen molar-refractivity contribution in [2.45, 2.75) is 12.5 Å². The Morgan fingerprint density at radius 2 is 2.00 bits per heavy atom. The second-order valence-electron chi connectivity index (χ2n) is 2.64. The number of para-hydroxylation sites is 1. The first kappa shape index (κ1) is 10.8. The van der Waals surface area contributed by atoms with Gasteiger partial charge in [0.05, 0.1) is 7.11 Å². The number of aliphatic hydroxyl groups is 1. The monoisotopic (exact) mass is 206 g/mol. The third kappa shape index (κ3) is 1.98. The van der Waals surface area contributed by atoms with E-state index in [1.807, 2.05) is 0 Å². The van der Waals surface area contributed by atoms with Crippen molar-refractivity contribution in [1.82, 2.24) is 0 Å². The van der Waals surface area contributed by atoms with Crippen LogP contribution in [-0.2, 0) is 0 Å². The van der Waals surface area contributed by atoms with Gasteiger partial charge in [-0.1, -0.05) is 12.1 Å². The Hall–Kier alpha value is -1.23. The van der Waals surface area contributed by atoms with E-state index in [1.54, 1.807) is 0 Å². The highest BCUT2D eigenvalue weighted by Crippen LogP contribution is 2.30. The van der Waals surface area contributed by atoms with Crippen molar-refractivity contribution < 1.29 is 23.0 Å². The Labute approximate surface area is 78.9 Å². The lowest BCUT2D eigenvalue weighted by Crippen LogP contribution is -2.10. The van der Waals surface area contributed by atoms with E-state index in [-0.39, 0.29) is 11.3 Å². The van der Waals surface area contributed by atoms with E-state index in [0.717, 1.165) is 13.2 Å². The molecule has 1 N–H and O–H groups in total. The van der Waals surface area contributed by atoms with Crippen LogP contribution in [0.3, 0.4) is 0 Å². The van der Waals surface area contributed by atoms with E-state index in [4.69, 9.17) is 5.11 Å². The molecule has 0 amide bonds. The molecule has 0 aliphatic carbocycles. The second-order valence-corrected chi connectivity index (χ2v) is 2.64. The van der Waals surface area contributed by atoms with Gasteiger partial charge in [0.1, 0.15) is 6.10 Å². The predicted molar refractivity (Wildman–Crippen MR) is 43.9 cm³/mol. The number of aliphatic hydroxyl groups excluding tert-OH is 1. The quantitative estimate of drug-likeness (QED) is 0.820. The summed E-state index contributed by atoms with van der Waals surface area (Å²) in [7, 11) is 1.15. The Bertz CT molecular complexity index is 315. The van der Waals surface area contributed by atoms with Crippen molar-refractivity contribution in [2.24, 2.45) is 0 Å². The number of ether oxygens (including phenoxy) is 1. The molecular weight excluding hydrogens is 197 g/mol. The minimum Gasteiger partial charge on any atom is -0.493 e. The highest BCUT2D eigenvalue weighted by atomic mass is 19.3. The normalized spacial score (nSPS) is 13.0. The number of rotatable bonds is 3. The topological polar surface area (TPSA) is 29.5 Å². The molecule has 1 aromatic rings. The van der Waals surface area contributed by atoms with Crippen molar-refractivity contribution in [2.75, 3.05) is 7.11 Å². The summed E-state index contributed by atoms with van der Waals surface area (Å²) in [5.74, 6) is -1.12. The van der Waals surface area contributed by atoms with E-state index in [9.17, 15) is 13.2 Å². The standard InChI is InChI=1S/C9H9F3O2/c1-14-8-5(7(13)9(11)12)3-2-4-6(8)10/h2-4,7,9,13H,1H3. The Kier molecular flexibility index (Phi) is 3.35. The molecule has 0 aliphatic heterocycles. The smallest absolute Gasteiger partial charge is 0.268 e. The maximum atomic E-state index is 13.0. The molecule has 1 aromatic carbocycles. The molecule has 14 heavy (non-hydrogen) atoms. The van der Waals surface area contributed by atoms with Crippen LogP contribution in [0.4, 0.5) is 13.2 Å². The molecule has 0 heterocycles. The van der Waals surface area contributed by atoms with Gasteiger partial charge in [0, 0.05) is 5.56 Å². The lowest BCUT2D eigenvalue weighted by Gasteiger charge is -2.13. The van der Waals surface area contributed by atoms with Gasteiger partial charge >= 0.3 is 0 Å². The molecule has 1 unspecified atom stereocenters. The Morgan fingerprint density at radius 3 is 2.50 bits per heavy atom. The number of benzene rings is 1. The van der Waals surface area contributed by atoms with Crippen LogP contribution in [0.1, 0.15) is 11.7 Å². The van der Waals surface area contributed by atoms with Crippen LogP contribution in [0.25, 0.3) is 0 Å². The van der Waals surface area contributed by atoms with E-state index >= 15 is 0 Å². The molecular formula is C9H9F3O2. The van der Waals surface area contributed by atoms with Crippen LogP contribution in [0.5, 0.6) is 5.75 Å². The number of hydrogen-bond donors (Lipinski definition) is 1. The summed E-state index contributed by atoms with van der Waals surface area (Å²) in [5.41, 5.74) is -0.248. The van der Waals surface area contributed by atoms with Crippen molar-refractivity contribution in [3.8, 4) is 5.75 Å². The zero-order valence-electron chi connectivity index (χ0n) is 7.38. The van der Waals surface area contributed by atoms with Gasteiger partial charge in [0.25, 0.3) is 6.43 Å². The molecule has 78 valence electrons. The lowest BCUT2D eigenvalue weighted by molar-refractivity contribution is -0.00722. The average molecular weight is 206 g/mol. The van der Waals surface area contributed by atoms with Crippen LogP contribution in [0, 0.1) is 5.82 Å². The molecule has 0 bridgehead atoms. The third-order valence-electron chi connectivity index (χ3n) is 1.76. The molecule has 0 saturated heterocycles. The van der Waals surface area contributed by atoms with Gasteiger partial charge in [-0.15, -0.1) is 0 Å². The van der Waals surface area contributed by atoms with Crippen LogP contribution < -0.4 is 4.74 Å². The summed E-state index contributed by atoms with van der Waals surface area (Å²) in [6.07, 6.45) is -4.99. The van der Waals surface area contributed by atoms with Crippen molar-refractivity contribution in [1.29, 1.82) is 0 Å². The molecule has 0 radical (unpaired) electrons. The fourth-order valence-electron chi connectivity index (χ4n) is 1.11. The van der Waals surface area contributed by atoms with Crippen molar-refractivity contribution >= 4 is 0 Å². The van der Waals surface area contributed by atoms with E-state index in [0.29, 0.717) is 0 Å². The van der Waals surface area contributed by atoms with Crippen LogP contribution in [0.2, 0.25) is 0 Å². The maximum absolute atomic E-state index is 13.0. The molecule has 0 saturated carbocycles. The molecule has 1 atom stereocenters.